The summed E-state index contributed by atoms with van der Waals surface area (Å²) in [5, 5.41) is 2.94. The largest absolute Gasteiger partial charge is 0.468 e. The molecule has 0 unspecified atom stereocenters. The molecule has 1 aromatic carbocycles. The molecule has 1 aliphatic heterocycles. The minimum atomic E-state index is 0.164. The number of nitrogens with one attached hydrogen (secondary N) is 1. The molecule has 7 heteroatoms. The fraction of sp³-hybridized carbons (Fsp3) is 0.767. The van der Waals surface area contributed by atoms with E-state index < -0.39 is 0 Å². The second-order valence-corrected chi connectivity index (χ2v) is 12.0. The number of ether oxygens (including phenoxy) is 4. The first-order valence-corrected chi connectivity index (χ1v) is 14.4. The number of piperazine rings is 1. The summed E-state index contributed by atoms with van der Waals surface area (Å²) in [7, 11) is 3.39. The molecule has 1 N–H and O–H groups in total. The molecule has 1 saturated heterocycles. The van der Waals surface area contributed by atoms with Gasteiger partial charge in [-0.3, -0.25) is 9.69 Å². The van der Waals surface area contributed by atoms with E-state index in [-0.39, 0.29) is 18.1 Å². The van der Waals surface area contributed by atoms with Crippen LogP contribution in [0.3, 0.4) is 0 Å². The maximum Gasteiger partial charge on any atom is 0.234 e. The van der Waals surface area contributed by atoms with Gasteiger partial charge in [0, 0.05) is 27.3 Å². The first kappa shape index (κ1) is 26.9. The van der Waals surface area contributed by atoms with Crippen LogP contribution in [0.15, 0.2) is 18.2 Å². The molecule has 3 fully saturated rings. The third-order valence-corrected chi connectivity index (χ3v) is 9.93. The first-order valence-electron chi connectivity index (χ1n) is 14.4. The van der Waals surface area contributed by atoms with E-state index in [4.69, 9.17) is 18.9 Å². The van der Waals surface area contributed by atoms with Crippen molar-refractivity contribution in [2.24, 2.45) is 23.2 Å². The molecular formula is C30H46N2O5. The molecule has 7 nitrogen and oxygen atoms in total. The van der Waals surface area contributed by atoms with Crippen molar-refractivity contribution in [3.63, 3.8) is 0 Å². The Hall–Kier alpha value is -1.67. The van der Waals surface area contributed by atoms with Crippen molar-refractivity contribution >= 4 is 5.91 Å². The molecule has 0 bridgehead atoms. The predicted molar refractivity (Wildman–Crippen MR) is 142 cm³/mol. The van der Waals surface area contributed by atoms with Crippen molar-refractivity contribution < 1.29 is 23.7 Å². The number of hydrogen-bond acceptors (Lipinski definition) is 6. The SMILES string of the molecule is COCOc1ccc2c(c1)C[C@@H](CCCCN1CCNC(=O)C1)[C@@H]1[C@@H]2CC[C@]2(C)[C@@H](OCOC)CC[C@@H]12. The van der Waals surface area contributed by atoms with Gasteiger partial charge in [0.05, 0.1) is 12.6 Å². The lowest BCUT2D eigenvalue weighted by Crippen LogP contribution is -2.48. The molecule has 2 saturated carbocycles. The Labute approximate surface area is 222 Å². The summed E-state index contributed by atoms with van der Waals surface area (Å²) in [6, 6.07) is 6.75. The van der Waals surface area contributed by atoms with Gasteiger partial charge in [0.2, 0.25) is 5.91 Å². The van der Waals surface area contributed by atoms with Gasteiger partial charge in [0.1, 0.15) is 12.5 Å². The molecule has 3 aliphatic carbocycles. The lowest BCUT2D eigenvalue weighted by molar-refractivity contribution is -0.128. The van der Waals surface area contributed by atoms with Gasteiger partial charge in [0.15, 0.2) is 6.79 Å². The van der Waals surface area contributed by atoms with Crippen LogP contribution in [-0.2, 0) is 25.4 Å². The normalized spacial score (nSPS) is 33.4. The molecular weight excluding hydrogens is 468 g/mol. The van der Waals surface area contributed by atoms with E-state index in [2.05, 4.69) is 35.3 Å². The van der Waals surface area contributed by atoms with Crippen LogP contribution < -0.4 is 10.1 Å². The molecule has 206 valence electrons. The second kappa shape index (κ2) is 12.0. The van der Waals surface area contributed by atoms with Crippen LogP contribution in [0, 0.1) is 23.2 Å². The molecule has 1 amide bonds. The fourth-order valence-corrected chi connectivity index (χ4v) is 8.27. The predicted octanol–water partition coefficient (Wildman–Crippen LogP) is 4.34. The van der Waals surface area contributed by atoms with E-state index in [9.17, 15) is 4.79 Å². The van der Waals surface area contributed by atoms with Gasteiger partial charge >= 0.3 is 0 Å². The molecule has 5 rings (SSSR count). The van der Waals surface area contributed by atoms with E-state index in [1.807, 2.05) is 0 Å². The summed E-state index contributed by atoms with van der Waals surface area (Å²) in [6.45, 7) is 6.50. The Kier molecular flexibility index (Phi) is 8.74. The van der Waals surface area contributed by atoms with Gasteiger partial charge in [0.25, 0.3) is 0 Å². The molecule has 0 radical (unpaired) electrons. The quantitative estimate of drug-likeness (QED) is 0.350. The summed E-state index contributed by atoms with van der Waals surface area (Å²) in [4.78, 5) is 14.1. The summed E-state index contributed by atoms with van der Waals surface area (Å²) in [6.07, 6.45) is 9.91. The highest BCUT2D eigenvalue weighted by Gasteiger charge is 2.57. The molecule has 4 aliphatic rings. The molecule has 1 aromatic rings. The number of amides is 1. The summed E-state index contributed by atoms with van der Waals surface area (Å²) in [5.74, 6) is 3.77. The zero-order chi connectivity index (χ0) is 25.8. The van der Waals surface area contributed by atoms with Crippen molar-refractivity contribution in [2.45, 2.75) is 70.3 Å². The topological polar surface area (TPSA) is 69.3 Å². The third-order valence-electron chi connectivity index (χ3n) is 9.93. The highest BCUT2D eigenvalue weighted by Crippen LogP contribution is 2.63. The van der Waals surface area contributed by atoms with E-state index in [1.165, 1.54) is 37.7 Å². The number of fused-ring (bicyclic) bond motifs is 5. The Balaban J connectivity index is 1.32. The summed E-state index contributed by atoms with van der Waals surface area (Å²) >= 11 is 0. The minimum Gasteiger partial charge on any atom is -0.468 e. The van der Waals surface area contributed by atoms with E-state index in [0.717, 1.165) is 44.6 Å². The van der Waals surface area contributed by atoms with Crippen LogP contribution in [-0.4, -0.2) is 70.9 Å². The van der Waals surface area contributed by atoms with Gasteiger partial charge < -0.3 is 24.3 Å². The molecule has 37 heavy (non-hydrogen) atoms. The Morgan fingerprint density at radius 1 is 1.11 bits per heavy atom. The van der Waals surface area contributed by atoms with E-state index in [1.54, 1.807) is 19.8 Å². The smallest absolute Gasteiger partial charge is 0.234 e. The van der Waals surface area contributed by atoms with Crippen LogP contribution in [0.1, 0.15) is 68.9 Å². The van der Waals surface area contributed by atoms with Crippen LogP contribution in [0.4, 0.5) is 0 Å². The zero-order valence-corrected chi connectivity index (χ0v) is 23.0. The third kappa shape index (κ3) is 5.70. The van der Waals surface area contributed by atoms with E-state index in [0.29, 0.717) is 43.1 Å². The van der Waals surface area contributed by atoms with Crippen LogP contribution in [0.25, 0.3) is 0 Å². The van der Waals surface area contributed by atoms with Gasteiger partial charge in [-0.25, -0.2) is 0 Å². The van der Waals surface area contributed by atoms with Crippen molar-refractivity contribution in [3.05, 3.63) is 29.3 Å². The summed E-state index contributed by atoms with van der Waals surface area (Å²) in [5.41, 5.74) is 3.26. The van der Waals surface area contributed by atoms with E-state index >= 15 is 0 Å². The molecule has 1 heterocycles. The first-order chi connectivity index (χ1) is 18.0. The number of rotatable bonds is 11. The minimum absolute atomic E-state index is 0.164. The Morgan fingerprint density at radius 2 is 1.97 bits per heavy atom. The number of benzene rings is 1. The highest BCUT2D eigenvalue weighted by atomic mass is 16.7. The van der Waals surface area contributed by atoms with Gasteiger partial charge in [-0.05, 0) is 104 Å². The second-order valence-electron chi connectivity index (χ2n) is 12.0. The van der Waals surface area contributed by atoms with Crippen molar-refractivity contribution in [3.8, 4) is 5.75 Å². The number of methoxy groups -OCH3 is 2. The number of hydrogen-bond donors (Lipinski definition) is 1. The van der Waals surface area contributed by atoms with Crippen LogP contribution in [0.5, 0.6) is 5.75 Å². The van der Waals surface area contributed by atoms with Gasteiger partial charge in [-0.2, -0.15) is 0 Å². The van der Waals surface area contributed by atoms with Crippen LogP contribution in [0.2, 0.25) is 0 Å². The molecule has 0 aromatic heterocycles. The lowest BCUT2D eigenvalue weighted by atomic mass is 9.52. The average Bonchev–Trinajstić information content (AvgIpc) is 3.24. The standard InChI is InChI=1S/C30H46N2O5/c1-30-12-11-25-24-8-7-23(36-19-34-2)17-22(24)16-21(6-4-5-14-32-15-13-31-28(33)18-32)29(25)26(30)9-10-27(30)37-20-35-3/h7-8,17,21,25-27,29H,4-6,9-16,18-20H2,1-3H3,(H,31,33)/t21-,25-,26+,27+,29-,30+/m1/s1. The van der Waals surface area contributed by atoms with Gasteiger partial charge in [-0.1, -0.05) is 19.4 Å². The Morgan fingerprint density at radius 3 is 2.78 bits per heavy atom. The number of carbonyl (C=O) groups is 1. The fourth-order valence-electron chi connectivity index (χ4n) is 8.27. The number of nitrogens with zero attached hydrogens (tertiary/aromatic N) is 1. The lowest BCUT2D eigenvalue weighted by Gasteiger charge is -2.53. The van der Waals surface area contributed by atoms with Crippen molar-refractivity contribution in [1.29, 1.82) is 0 Å². The van der Waals surface area contributed by atoms with Crippen molar-refractivity contribution in [2.75, 3.05) is 54.0 Å². The maximum absolute atomic E-state index is 11.8. The van der Waals surface area contributed by atoms with Crippen LogP contribution >= 0.6 is 0 Å². The summed E-state index contributed by atoms with van der Waals surface area (Å²) < 4.78 is 22.5. The average molecular weight is 515 g/mol. The number of carbonyl (C=O) groups excluding carboxylic acids is 1. The van der Waals surface area contributed by atoms with Gasteiger partial charge in [-0.15, -0.1) is 0 Å². The number of unbranched alkanes of at least 4 members (excludes halogenated alkanes) is 1. The molecule has 6 atom stereocenters. The Bertz CT molecular complexity index is 925. The molecule has 0 spiro atoms. The zero-order valence-electron chi connectivity index (χ0n) is 23.0. The monoisotopic (exact) mass is 514 g/mol. The maximum atomic E-state index is 11.8. The highest BCUT2D eigenvalue weighted by molar-refractivity contribution is 5.78. The van der Waals surface area contributed by atoms with Crippen molar-refractivity contribution in [1.82, 2.24) is 10.2 Å².